The summed E-state index contributed by atoms with van der Waals surface area (Å²) in [6.07, 6.45) is 1.66. The number of nitrogens with zero attached hydrogens (tertiary/aromatic N) is 3. The first-order valence-corrected chi connectivity index (χ1v) is 7.92. The lowest BCUT2D eigenvalue weighted by Gasteiger charge is -2.39. The van der Waals surface area contributed by atoms with Crippen molar-refractivity contribution in [3.8, 4) is 0 Å². The lowest BCUT2D eigenvalue weighted by Crippen LogP contribution is -2.55. The summed E-state index contributed by atoms with van der Waals surface area (Å²) in [5.41, 5.74) is 0.886. The van der Waals surface area contributed by atoms with Crippen molar-refractivity contribution in [3.05, 3.63) is 11.4 Å². The van der Waals surface area contributed by atoms with Gasteiger partial charge in [-0.25, -0.2) is 9.80 Å². The van der Waals surface area contributed by atoms with E-state index < -0.39 is 6.04 Å². The van der Waals surface area contributed by atoms with Gasteiger partial charge in [0.2, 0.25) is 0 Å². The molecule has 1 aliphatic rings. The molecule has 0 amide bonds. The molecule has 2 rings (SSSR count). The fourth-order valence-electron chi connectivity index (χ4n) is 2.21. The van der Waals surface area contributed by atoms with Gasteiger partial charge in [0.1, 0.15) is 5.00 Å². The predicted molar refractivity (Wildman–Crippen MR) is 84.5 cm³/mol. The number of hydrogen-bond acceptors (Lipinski definition) is 7. The van der Waals surface area contributed by atoms with Crippen molar-refractivity contribution in [1.29, 1.82) is 0 Å². The SMILES string of the molecule is CCOC(=O)[C@H]1C=Nc2ccsc2N1N(CC)CCOC. The zero-order chi connectivity index (χ0) is 15.2. The monoisotopic (exact) mass is 311 g/mol. The minimum Gasteiger partial charge on any atom is -0.464 e. The van der Waals surface area contributed by atoms with Gasteiger partial charge in [-0.05, 0) is 18.4 Å². The van der Waals surface area contributed by atoms with E-state index in [4.69, 9.17) is 9.47 Å². The molecule has 0 aromatic carbocycles. The highest BCUT2D eigenvalue weighted by atomic mass is 32.1. The maximum atomic E-state index is 12.2. The summed E-state index contributed by atoms with van der Waals surface area (Å²) in [5.74, 6) is -0.281. The van der Waals surface area contributed by atoms with Crippen LogP contribution in [0.25, 0.3) is 0 Å². The fourth-order valence-corrected chi connectivity index (χ4v) is 3.12. The van der Waals surface area contributed by atoms with Crippen LogP contribution >= 0.6 is 11.3 Å². The Morgan fingerprint density at radius 1 is 1.52 bits per heavy atom. The molecule has 6 nitrogen and oxygen atoms in total. The van der Waals surface area contributed by atoms with Crippen LogP contribution in [-0.4, -0.2) is 56.6 Å². The zero-order valence-corrected chi connectivity index (χ0v) is 13.4. The van der Waals surface area contributed by atoms with Crippen LogP contribution in [0.15, 0.2) is 16.4 Å². The zero-order valence-electron chi connectivity index (χ0n) is 12.6. The molecule has 0 bridgehead atoms. The predicted octanol–water partition coefficient (Wildman–Crippen LogP) is 2.09. The van der Waals surface area contributed by atoms with Crippen LogP contribution < -0.4 is 5.01 Å². The Hall–Kier alpha value is -1.44. The van der Waals surface area contributed by atoms with E-state index in [-0.39, 0.29) is 5.97 Å². The average Bonchev–Trinajstić information content (AvgIpc) is 2.96. The quantitative estimate of drug-likeness (QED) is 0.722. The van der Waals surface area contributed by atoms with E-state index in [2.05, 4.69) is 16.9 Å². The van der Waals surface area contributed by atoms with Gasteiger partial charge in [-0.1, -0.05) is 6.92 Å². The molecule has 116 valence electrons. The second-order valence-electron chi connectivity index (χ2n) is 4.47. The van der Waals surface area contributed by atoms with Crippen LogP contribution in [-0.2, 0) is 14.3 Å². The summed E-state index contributed by atoms with van der Waals surface area (Å²) in [5, 5.41) is 7.01. The number of aliphatic imine (C=N–C) groups is 1. The molecule has 0 aliphatic carbocycles. The molecule has 7 heteroatoms. The number of rotatable bonds is 7. The molecule has 21 heavy (non-hydrogen) atoms. The van der Waals surface area contributed by atoms with E-state index >= 15 is 0 Å². The number of carbonyl (C=O) groups is 1. The first-order chi connectivity index (χ1) is 10.2. The third kappa shape index (κ3) is 3.42. The van der Waals surface area contributed by atoms with E-state index in [1.165, 1.54) is 0 Å². The summed E-state index contributed by atoms with van der Waals surface area (Å²) in [7, 11) is 1.67. The Morgan fingerprint density at radius 2 is 2.33 bits per heavy atom. The fraction of sp³-hybridized carbons (Fsp3) is 0.571. The van der Waals surface area contributed by atoms with E-state index in [1.807, 2.05) is 16.5 Å². The largest absolute Gasteiger partial charge is 0.464 e. The van der Waals surface area contributed by atoms with Crippen LogP contribution in [0.3, 0.4) is 0 Å². The molecule has 1 aliphatic heterocycles. The Labute approximate surface area is 128 Å². The second kappa shape index (κ2) is 7.53. The molecule has 0 fully saturated rings. The molecular weight excluding hydrogens is 290 g/mol. The third-order valence-corrected chi connectivity index (χ3v) is 4.09. The molecule has 1 aromatic heterocycles. The Morgan fingerprint density at radius 3 is 3.00 bits per heavy atom. The van der Waals surface area contributed by atoms with Crippen molar-refractivity contribution in [3.63, 3.8) is 0 Å². The van der Waals surface area contributed by atoms with Crippen molar-refractivity contribution in [2.24, 2.45) is 4.99 Å². The molecule has 0 N–H and O–H groups in total. The van der Waals surface area contributed by atoms with Crippen molar-refractivity contribution < 1.29 is 14.3 Å². The lowest BCUT2D eigenvalue weighted by molar-refractivity contribution is -0.143. The highest BCUT2D eigenvalue weighted by Crippen LogP contribution is 2.39. The molecular formula is C14H21N3O3S. The van der Waals surface area contributed by atoms with Crippen LogP contribution in [0.2, 0.25) is 0 Å². The number of methoxy groups -OCH3 is 1. The van der Waals surface area contributed by atoms with Crippen molar-refractivity contribution in [2.45, 2.75) is 19.9 Å². The number of ether oxygens (including phenoxy) is 2. The van der Waals surface area contributed by atoms with Gasteiger partial charge < -0.3 is 9.47 Å². The molecule has 1 aromatic rings. The number of hydrazine groups is 1. The Balaban J connectivity index is 2.29. The minimum atomic E-state index is -0.520. The topological polar surface area (TPSA) is 54.4 Å². The van der Waals surface area contributed by atoms with E-state index in [0.29, 0.717) is 19.8 Å². The molecule has 0 saturated carbocycles. The number of hydrogen-bond donors (Lipinski definition) is 0. The first kappa shape index (κ1) is 15.9. The highest BCUT2D eigenvalue weighted by Gasteiger charge is 2.34. The van der Waals surface area contributed by atoms with Crippen LogP contribution in [0.4, 0.5) is 10.7 Å². The Bertz CT molecular complexity index is 503. The van der Waals surface area contributed by atoms with Crippen molar-refractivity contribution >= 4 is 34.2 Å². The summed E-state index contributed by atoms with van der Waals surface area (Å²) < 4.78 is 10.3. The number of carbonyl (C=O) groups excluding carboxylic acids is 1. The van der Waals surface area contributed by atoms with Gasteiger partial charge >= 0.3 is 5.97 Å². The molecule has 1 atom stereocenters. The maximum absolute atomic E-state index is 12.2. The van der Waals surface area contributed by atoms with Gasteiger partial charge in [0.05, 0.1) is 18.9 Å². The lowest BCUT2D eigenvalue weighted by atomic mass is 10.2. The smallest absolute Gasteiger partial charge is 0.336 e. The minimum absolute atomic E-state index is 0.281. The first-order valence-electron chi connectivity index (χ1n) is 7.04. The average molecular weight is 311 g/mol. The molecule has 0 spiro atoms. The number of fused-ring (bicyclic) bond motifs is 1. The maximum Gasteiger partial charge on any atom is 0.336 e. The molecule has 0 saturated heterocycles. The van der Waals surface area contributed by atoms with Crippen LogP contribution in [0.5, 0.6) is 0 Å². The summed E-state index contributed by atoms with van der Waals surface area (Å²) in [6.45, 7) is 6.28. The van der Waals surface area contributed by atoms with Crippen molar-refractivity contribution in [1.82, 2.24) is 5.01 Å². The second-order valence-corrected chi connectivity index (χ2v) is 5.36. The van der Waals surface area contributed by atoms with E-state index in [1.54, 1.807) is 31.6 Å². The number of likely N-dealkylation sites (N-methyl/N-ethyl adjacent to an activating group) is 1. The van der Waals surface area contributed by atoms with Crippen LogP contribution in [0.1, 0.15) is 13.8 Å². The number of anilines is 1. The molecule has 0 radical (unpaired) electrons. The van der Waals surface area contributed by atoms with Gasteiger partial charge in [-0.2, -0.15) is 0 Å². The third-order valence-electron chi connectivity index (χ3n) is 3.20. The van der Waals surface area contributed by atoms with Gasteiger partial charge in [0.25, 0.3) is 0 Å². The standard InChI is InChI=1S/C14H21N3O3S/c1-4-16(7-8-19-3)17-12(14(18)20-5-2)10-15-11-6-9-21-13(11)17/h6,9-10,12H,4-5,7-8H2,1-3H3/t12-/m1/s1. The van der Waals surface area contributed by atoms with E-state index in [9.17, 15) is 4.79 Å². The molecule has 0 unspecified atom stereocenters. The van der Waals surface area contributed by atoms with Gasteiger partial charge in [0, 0.05) is 26.4 Å². The Kier molecular flexibility index (Phi) is 5.72. The van der Waals surface area contributed by atoms with E-state index in [0.717, 1.165) is 17.2 Å². The summed E-state index contributed by atoms with van der Waals surface area (Å²) in [6, 6.07) is 1.43. The normalized spacial score (nSPS) is 17.1. The summed E-state index contributed by atoms with van der Waals surface area (Å²) in [4.78, 5) is 16.6. The van der Waals surface area contributed by atoms with Gasteiger partial charge in [-0.3, -0.25) is 10.0 Å². The molecule has 2 heterocycles. The number of esters is 1. The highest BCUT2D eigenvalue weighted by molar-refractivity contribution is 7.15. The van der Waals surface area contributed by atoms with Gasteiger partial charge in [-0.15, -0.1) is 11.3 Å². The summed E-state index contributed by atoms with van der Waals surface area (Å²) >= 11 is 1.57. The number of thiophene rings is 1. The van der Waals surface area contributed by atoms with Crippen molar-refractivity contribution in [2.75, 3.05) is 38.4 Å². The van der Waals surface area contributed by atoms with Crippen LogP contribution in [0, 0.1) is 0 Å². The van der Waals surface area contributed by atoms with Gasteiger partial charge in [0.15, 0.2) is 6.04 Å².